The zero-order valence-corrected chi connectivity index (χ0v) is 17.3. The Hall–Kier alpha value is -3.30. The Morgan fingerprint density at radius 2 is 1.84 bits per heavy atom. The molecule has 2 aromatic carbocycles. The van der Waals surface area contributed by atoms with Crippen LogP contribution < -0.4 is 24.8 Å². The molecule has 0 radical (unpaired) electrons. The first-order valence-corrected chi connectivity index (χ1v) is 10.1. The smallest absolute Gasteiger partial charge is 0.313 e. The molecule has 2 aromatic rings. The number of carbonyl (C=O) groups excluding carboxylic acids is 2. The molecule has 0 unspecified atom stereocenters. The van der Waals surface area contributed by atoms with Crippen LogP contribution in [0, 0.1) is 0 Å². The lowest BCUT2D eigenvalue weighted by molar-refractivity contribution is -0.136. The molecule has 31 heavy (non-hydrogen) atoms. The number of para-hydroxylation sites is 2. The van der Waals surface area contributed by atoms with Gasteiger partial charge in [-0.05, 0) is 29.8 Å². The minimum Gasteiger partial charge on any atom is -0.495 e. The van der Waals surface area contributed by atoms with E-state index in [2.05, 4.69) is 15.5 Å². The highest BCUT2D eigenvalue weighted by atomic mass is 16.7. The Balaban J connectivity index is 1.44. The van der Waals surface area contributed by atoms with Crippen LogP contribution in [0.15, 0.2) is 42.5 Å². The lowest BCUT2D eigenvalue weighted by Crippen LogP contribution is -2.45. The monoisotopic (exact) mass is 427 g/mol. The second-order valence-corrected chi connectivity index (χ2v) is 7.14. The van der Waals surface area contributed by atoms with Crippen LogP contribution in [0.2, 0.25) is 0 Å². The van der Waals surface area contributed by atoms with Gasteiger partial charge in [0, 0.05) is 19.6 Å². The molecule has 2 heterocycles. The van der Waals surface area contributed by atoms with Gasteiger partial charge in [-0.2, -0.15) is 0 Å². The summed E-state index contributed by atoms with van der Waals surface area (Å²) in [5.74, 6) is 0.386. The van der Waals surface area contributed by atoms with Gasteiger partial charge in [0.2, 0.25) is 6.79 Å². The van der Waals surface area contributed by atoms with Crippen LogP contribution in [0.3, 0.4) is 0 Å². The number of benzene rings is 2. The lowest BCUT2D eigenvalue weighted by Gasteiger charge is -2.34. The van der Waals surface area contributed by atoms with E-state index in [-0.39, 0.29) is 19.4 Å². The van der Waals surface area contributed by atoms with Gasteiger partial charge in [-0.25, -0.2) is 0 Å². The first kappa shape index (κ1) is 21.0. The van der Waals surface area contributed by atoms with Crippen molar-refractivity contribution in [3.05, 3.63) is 48.0 Å². The summed E-state index contributed by atoms with van der Waals surface area (Å²) in [7, 11) is 1.50. The summed E-state index contributed by atoms with van der Waals surface area (Å²) in [6.45, 7) is 3.13. The molecule has 0 saturated carbocycles. The van der Waals surface area contributed by atoms with Crippen molar-refractivity contribution in [3.63, 3.8) is 0 Å². The van der Waals surface area contributed by atoms with E-state index >= 15 is 0 Å². The van der Waals surface area contributed by atoms with Crippen LogP contribution in [0.4, 0.5) is 5.69 Å². The third kappa shape index (κ3) is 4.89. The molecule has 0 aromatic heterocycles. The van der Waals surface area contributed by atoms with Crippen molar-refractivity contribution < 1.29 is 28.5 Å². The number of methoxy groups -OCH3 is 1. The van der Waals surface area contributed by atoms with E-state index in [1.807, 2.05) is 18.2 Å². The van der Waals surface area contributed by atoms with Crippen molar-refractivity contribution in [1.29, 1.82) is 0 Å². The van der Waals surface area contributed by atoms with Crippen LogP contribution in [-0.2, 0) is 14.3 Å². The Bertz CT molecular complexity index is 945. The Morgan fingerprint density at radius 3 is 2.65 bits per heavy atom. The topological polar surface area (TPSA) is 98.4 Å². The van der Waals surface area contributed by atoms with Crippen LogP contribution in [0.1, 0.15) is 11.6 Å². The number of anilines is 1. The fourth-order valence-corrected chi connectivity index (χ4v) is 3.66. The number of amides is 2. The number of nitrogens with one attached hydrogen (secondary N) is 2. The summed E-state index contributed by atoms with van der Waals surface area (Å²) in [5.41, 5.74) is 1.40. The number of fused-ring (bicyclic) bond motifs is 1. The molecular weight excluding hydrogens is 402 g/mol. The summed E-state index contributed by atoms with van der Waals surface area (Å²) in [5, 5.41) is 5.35. The van der Waals surface area contributed by atoms with Gasteiger partial charge >= 0.3 is 11.8 Å². The van der Waals surface area contributed by atoms with E-state index in [0.717, 1.165) is 18.7 Å². The van der Waals surface area contributed by atoms with Crippen molar-refractivity contribution in [3.8, 4) is 17.2 Å². The van der Waals surface area contributed by atoms with Crippen molar-refractivity contribution in [2.45, 2.75) is 6.04 Å². The molecule has 0 spiro atoms. The predicted octanol–water partition coefficient (Wildman–Crippen LogP) is 1.55. The highest BCUT2D eigenvalue weighted by Gasteiger charge is 2.26. The van der Waals surface area contributed by atoms with Gasteiger partial charge in [-0.1, -0.05) is 18.2 Å². The van der Waals surface area contributed by atoms with Gasteiger partial charge in [0.1, 0.15) is 5.75 Å². The molecule has 9 heteroatoms. The fourth-order valence-electron chi connectivity index (χ4n) is 3.66. The highest BCUT2D eigenvalue weighted by Crippen LogP contribution is 2.35. The quantitative estimate of drug-likeness (QED) is 0.675. The van der Waals surface area contributed by atoms with Gasteiger partial charge in [0.15, 0.2) is 11.5 Å². The SMILES string of the molecule is COc1ccccc1NC(=O)C(=O)NC[C@@H](c1ccc2c(c1)OCO2)N1CCOCC1. The number of ether oxygens (including phenoxy) is 4. The summed E-state index contributed by atoms with van der Waals surface area (Å²) in [4.78, 5) is 27.1. The van der Waals surface area contributed by atoms with Gasteiger partial charge < -0.3 is 29.6 Å². The Morgan fingerprint density at radius 1 is 1.06 bits per heavy atom. The number of rotatable bonds is 6. The number of carbonyl (C=O) groups is 2. The largest absolute Gasteiger partial charge is 0.495 e. The van der Waals surface area contributed by atoms with Crippen LogP contribution in [0.25, 0.3) is 0 Å². The Kier molecular flexibility index (Phi) is 6.54. The number of hydrogen-bond acceptors (Lipinski definition) is 7. The maximum Gasteiger partial charge on any atom is 0.313 e. The molecule has 2 N–H and O–H groups in total. The Labute approximate surface area is 180 Å². The summed E-state index contributed by atoms with van der Waals surface area (Å²) < 4.78 is 21.6. The normalized spacial score (nSPS) is 16.4. The first-order chi connectivity index (χ1) is 15.2. The molecule has 2 aliphatic heterocycles. The standard InChI is InChI=1S/C22H25N3O6/c1-28-18-5-3-2-4-16(18)24-22(27)21(26)23-13-17(25-8-10-29-11-9-25)15-6-7-19-20(12-15)31-14-30-19/h2-7,12,17H,8-11,13-14H2,1H3,(H,23,26)(H,24,27)/t17-/m0/s1. The van der Waals surface area contributed by atoms with Crippen LogP contribution in [-0.4, -0.2) is 63.5 Å². The van der Waals surface area contributed by atoms with Crippen molar-refractivity contribution >= 4 is 17.5 Å². The molecule has 164 valence electrons. The molecule has 9 nitrogen and oxygen atoms in total. The highest BCUT2D eigenvalue weighted by molar-refractivity contribution is 6.39. The number of morpholine rings is 1. The maximum absolute atomic E-state index is 12.5. The summed E-state index contributed by atoms with van der Waals surface area (Å²) >= 11 is 0. The average molecular weight is 427 g/mol. The van der Waals surface area contributed by atoms with Gasteiger partial charge in [-0.3, -0.25) is 14.5 Å². The first-order valence-electron chi connectivity index (χ1n) is 10.1. The van der Waals surface area contributed by atoms with E-state index in [4.69, 9.17) is 18.9 Å². The molecular formula is C22H25N3O6. The second kappa shape index (κ2) is 9.67. The summed E-state index contributed by atoms with van der Waals surface area (Å²) in [6.07, 6.45) is 0. The third-order valence-corrected chi connectivity index (χ3v) is 5.29. The molecule has 0 bridgehead atoms. The van der Waals surface area contributed by atoms with Crippen LogP contribution in [0.5, 0.6) is 17.2 Å². The maximum atomic E-state index is 12.5. The number of hydrogen-bond donors (Lipinski definition) is 2. The van der Waals surface area contributed by atoms with E-state index < -0.39 is 11.8 Å². The molecule has 1 atom stereocenters. The van der Waals surface area contributed by atoms with Crippen molar-refractivity contribution in [2.75, 3.05) is 52.1 Å². The molecule has 1 fully saturated rings. The lowest BCUT2D eigenvalue weighted by atomic mass is 10.0. The van der Waals surface area contributed by atoms with Gasteiger partial charge in [0.05, 0.1) is 32.1 Å². The second-order valence-electron chi connectivity index (χ2n) is 7.14. The van der Waals surface area contributed by atoms with E-state index in [9.17, 15) is 9.59 Å². The van der Waals surface area contributed by atoms with E-state index in [0.29, 0.717) is 36.1 Å². The third-order valence-electron chi connectivity index (χ3n) is 5.29. The molecule has 4 rings (SSSR count). The zero-order valence-electron chi connectivity index (χ0n) is 17.3. The van der Waals surface area contributed by atoms with Crippen molar-refractivity contribution in [2.24, 2.45) is 0 Å². The van der Waals surface area contributed by atoms with E-state index in [1.54, 1.807) is 24.3 Å². The molecule has 1 saturated heterocycles. The minimum atomic E-state index is -0.754. The van der Waals surface area contributed by atoms with E-state index in [1.165, 1.54) is 7.11 Å². The fraction of sp³-hybridized carbons (Fsp3) is 0.364. The van der Waals surface area contributed by atoms with Gasteiger partial charge in [-0.15, -0.1) is 0 Å². The van der Waals surface area contributed by atoms with Gasteiger partial charge in [0.25, 0.3) is 0 Å². The number of nitrogens with zero attached hydrogens (tertiary/aromatic N) is 1. The molecule has 2 amide bonds. The van der Waals surface area contributed by atoms with Crippen molar-refractivity contribution in [1.82, 2.24) is 10.2 Å². The predicted molar refractivity (Wildman–Crippen MR) is 112 cm³/mol. The minimum absolute atomic E-state index is 0.138. The van der Waals surface area contributed by atoms with Crippen LogP contribution >= 0.6 is 0 Å². The average Bonchev–Trinajstić information content (AvgIpc) is 3.28. The summed E-state index contributed by atoms with van der Waals surface area (Å²) in [6, 6.07) is 12.5. The zero-order chi connectivity index (χ0) is 21.6. The molecule has 0 aliphatic carbocycles. The molecule has 2 aliphatic rings.